The van der Waals surface area contributed by atoms with E-state index in [1.165, 1.54) is 12.1 Å². The van der Waals surface area contributed by atoms with Crippen molar-refractivity contribution in [1.29, 1.82) is 0 Å². The fraction of sp³-hybridized carbons (Fsp3) is 0.150. The van der Waals surface area contributed by atoms with Crippen LogP contribution in [0.1, 0.15) is 5.56 Å². The number of halogens is 1. The fourth-order valence-electron chi connectivity index (χ4n) is 2.46. The van der Waals surface area contributed by atoms with Gasteiger partial charge in [0.15, 0.2) is 13.2 Å². The fourth-order valence-corrected chi connectivity index (χ4v) is 2.81. The Bertz CT molecular complexity index is 1070. The van der Waals surface area contributed by atoms with E-state index in [0.717, 1.165) is 14.5 Å². The first-order valence-corrected chi connectivity index (χ1v) is 9.37. The van der Waals surface area contributed by atoms with Crippen molar-refractivity contribution in [1.82, 2.24) is 0 Å². The lowest BCUT2D eigenvalue weighted by atomic mass is 10.1. The molecule has 1 heterocycles. The van der Waals surface area contributed by atoms with Gasteiger partial charge in [-0.3, -0.25) is 4.79 Å². The minimum absolute atomic E-state index is 0.349. The predicted molar refractivity (Wildman–Crippen MR) is 111 cm³/mol. The average Bonchev–Trinajstić information content (AvgIpc) is 2.66. The van der Waals surface area contributed by atoms with Gasteiger partial charge >= 0.3 is 11.6 Å². The number of hydrogen-bond acceptors (Lipinski definition) is 6. The summed E-state index contributed by atoms with van der Waals surface area (Å²) in [4.78, 5) is 35.1. The van der Waals surface area contributed by atoms with Gasteiger partial charge in [-0.05, 0) is 71.5 Å². The Hall–Kier alpha value is -2.88. The molecule has 8 heteroatoms. The second kappa shape index (κ2) is 8.87. The normalized spacial score (nSPS) is 10.5. The van der Waals surface area contributed by atoms with E-state index in [-0.39, 0.29) is 6.61 Å². The molecule has 0 aliphatic rings. The lowest BCUT2D eigenvalue weighted by Gasteiger charge is -2.09. The third-order valence-electron chi connectivity index (χ3n) is 3.77. The van der Waals surface area contributed by atoms with E-state index >= 15 is 0 Å². The molecule has 2 aromatic carbocycles. The van der Waals surface area contributed by atoms with Crippen molar-refractivity contribution in [3.05, 3.63) is 68.1 Å². The van der Waals surface area contributed by atoms with Gasteiger partial charge in [0.25, 0.3) is 5.91 Å². The Kier molecular flexibility index (Phi) is 6.30. The highest BCUT2D eigenvalue weighted by atomic mass is 127. The minimum atomic E-state index is -0.691. The van der Waals surface area contributed by atoms with Crippen molar-refractivity contribution < 1.29 is 23.5 Å². The lowest BCUT2D eigenvalue weighted by Crippen LogP contribution is -2.23. The molecule has 0 fully saturated rings. The van der Waals surface area contributed by atoms with Crippen LogP contribution in [0.25, 0.3) is 11.0 Å². The number of rotatable bonds is 6. The molecule has 3 rings (SSSR count). The number of carbonyl (C=O) groups excluding carboxylic acids is 2. The SMILES string of the molecule is Cc1cc(=O)oc2cc(OCC(=O)OCC(=O)Nc3ccc(I)cc3)ccc12. The molecule has 7 nitrogen and oxygen atoms in total. The standard InChI is InChI=1S/C20H16INO6/c1-12-8-19(24)28-17-9-15(6-7-16(12)17)26-11-20(25)27-10-18(23)22-14-4-2-13(21)3-5-14/h2-9H,10-11H2,1H3,(H,22,23). The molecule has 1 amide bonds. The van der Waals surface area contributed by atoms with Gasteiger partial charge < -0.3 is 19.2 Å². The second-order valence-corrected chi connectivity index (χ2v) is 7.16. The smallest absolute Gasteiger partial charge is 0.344 e. The van der Waals surface area contributed by atoms with Crippen LogP contribution < -0.4 is 15.7 Å². The molecule has 0 saturated carbocycles. The van der Waals surface area contributed by atoms with E-state index in [0.29, 0.717) is 17.0 Å². The van der Waals surface area contributed by atoms with Gasteiger partial charge in [-0.2, -0.15) is 0 Å². The number of carbonyl (C=O) groups is 2. The highest BCUT2D eigenvalue weighted by Gasteiger charge is 2.10. The molecule has 0 atom stereocenters. The van der Waals surface area contributed by atoms with Crippen LogP contribution in [0.3, 0.4) is 0 Å². The van der Waals surface area contributed by atoms with Crippen LogP contribution in [-0.2, 0) is 14.3 Å². The number of nitrogens with one attached hydrogen (secondary N) is 1. The second-order valence-electron chi connectivity index (χ2n) is 5.91. The van der Waals surface area contributed by atoms with Crippen molar-refractivity contribution in [2.24, 2.45) is 0 Å². The van der Waals surface area contributed by atoms with Crippen LogP contribution in [0.5, 0.6) is 5.75 Å². The van der Waals surface area contributed by atoms with Gasteiger partial charge in [0.2, 0.25) is 0 Å². The van der Waals surface area contributed by atoms with Gasteiger partial charge in [0, 0.05) is 26.8 Å². The van der Waals surface area contributed by atoms with Crippen LogP contribution in [0, 0.1) is 10.5 Å². The van der Waals surface area contributed by atoms with Crippen molar-refractivity contribution in [2.45, 2.75) is 6.92 Å². The minimum Gasteiger partial charge on any atom is -0.482 e. The predicted octanol–water partition coefficient (Wildman–Crippen LogP) is 3.27. The Morgan fingerprint density at radius 3 is 2.57 bits per heavy atom. The van der Waals surface area contributed by atoms with E-state index in [1.54, 1.807) is 31.2 Å². The maximum Gasteiger partial charge on any atom is 0.344 e. The molecule has 0 radical (unpaired) electrons. The van der Waals surface area contributed by atoms with Crippen molar-refractivity contribution in [3.63, 3.8) is 0 Å². The Morgan fingerprint density at radius 2 is 1.82 bits per heavy atom. The number of aryl methyl sites for hydroxylation is 1. The largest absolute Gasteiger partial charge is 0.482 e. The highest BCUT2D eigenvalue weighted by molar-refractivity contribution is 14.1. The summed E-state index contributed by atoms with van der Waals surface area (Å²) in [5.41, 5.74) is 1.32. The number of fused-ring (bicyclic) bond motifs is 1. The molecule has 0 spiro atoms. The van der Waals surface area contributed by atoms with Crippen LogP contribution in [0.2, 0.25) is 0 Å². The zero-order valence-corrected chi connectivity index (χ0v) is 17.0. The zero-order chi connectivity index (χ0) is 20.1. The molecule has 1 aromatic heterocycles. The van der Waals surface area contributed by atoms with E-state index in [2.05, 4.69) is 27.9 Å². The number of ether oxygens (including phenoxy) is 2. The third kappa shape index (κ3) is 5.32. The summed E-state index contributed by atoms with van der Waals surface area (Å²) < 4.78 is 16.4. The van der Waals surface area contributed by atoms with Gasteiger partial charge in [-0.15, -0.1) is 0 Å². The first kappa shape index (κ1) is 19.9. The molecule has 0 unspecified atom stereocenters. The number of hydrogen-bond donors (Lipinski definition) is 1. The summed E-state index contributed by atoms with van der Waals surface area (Å²) in [6.07, 6.45) is 0. The summed E-state index contributed by atoms with van der Waals surface area (Å²) >= 11 is 2.16. The number of esters is 1. The number of amides is 1. The molecule has 1 N–H and O–H groups in total. The average molecular weight is 493 g/mol. The van der Waals surface area contributed by atoms with E-state index in [4.69, 9.17) is 13.9 Å². The molecule has 28 heavy (non-hydrogen) atoms. The highest BCUT2D eigenvalue weighted by Crippen LogP contribution is 2.22. The maximum atomic E-state index is 11.8. The first-order valence-electron chi connectivity index (χ1n) is 8.29. The Balaban J connectivity index is 1.50. The molecule has 0 aliphatic carbocycles. The third-order valence-corrected chi connectivity index (χ3v) is 4.49. The quantitative estimate of drug-likeness (QED) is 0.322. The van der Waals surface area contributed by atoms with E-state index in [9.17, 15) is 14.4 Å². The maximum absolute atomic E-state index is 11.8. The molecule has 0 bridgehead atoms. The summed E-state index contributed by atoms with van der Waals surface area (Å²) in [6.45, 7) is 1.01. The van der Waals surface area contributed by atoms with E-state index in [1.807, 2.05) is 12.1 Å². The topological polar surface area (TPSA) is 94.8 Å². The summed E-state index contributed by atoms with van der Waals surface area (Å²) in [5, 5.41) is 3.41. The molecular formula is C20H16INO6. The zero-order valence-electron chi connectivity index (χ0n) is 14.9. The molecule has 3 aromatic rings. The summed E-state index contributed by atoms with van der Waals surface area (Å²) in [5.74, 6) is -0.789. The lowest BCUT2D eigenvalue weighted by molar-refractivity contribution is -0.149. The number of anilines is 1. The molecule has 0 saturated heterocycles. The van der Waals surface area contributed by atoms with Gasteiger partial charge in [-0.1, -0.05) is 0 Å². The van der Waals surface area contributed by atoms with Gasteiger partial charge in [-0.25, -0.2) is 9.59 Å². The Morgan fingerprint density at radius 1 is 1.07 bits per heavy atom. The van der Waals surface area contributed by atoms with Crippen LogP contribution in [0.4, 0.5) is 5.69 Å². The van der Waals surface area contributed by atoms with Crippen LogP contribution in [-0.4, -0.2) is 25.1 Å². The van der Waals surface area contributed by atoms with Gasteiger partial charge in [0.1, 0.15) is 11.3 Å². The summed E-state index contributed by atoms with van der Waals surface area (Å²) in [6, 6.07) is 13.5. The van der Waals surface area contributed by atoms with Crippen molar-refractivity contribution >= 4 is 51.1 Å². The Labute approximate surface area is 173 Å². The molecule has 0 aliphatic heterocycles. The van der Waals surface area contributed by atoms with Crippen molar-refractivity contribution in [3.8, 4) is 5.75 Å². The molecular weight excluding hydrogens is 477 g/mol. The monoisotopic (exact) mass is 493 g/mol. The summed E-state index contributed by atoms with van der Waals surface area (Å²) in [7, 11) is 0. The first-order chi connectivity index (χ1) is 13.4. The molecule has 144 valence electrons. The van der Waals surface area contributed by atoms with Crippen molar-refractivity contribution in [2.75, 3.05) is 18.5 Å². The van der Waals surface area contributed by atoms with Crippen LogP contribution >= 0.6 is 22.6 Å². The van der Waals surface area contributed by atoms with Crippen LogP contribution in [0.15, 0.2) is 57.7 Å². The number of benzene rings is 2. The van der Waals surface area contributed by atoms with E-state index < -0.39 is 24.1 Å². The van der Waals surface area contributed by atoms with Gasteiger partial charge in [0.05, 0.1) is 0 Å².